The summed E-state index contributed by atoms with van der Waals surface area (Å²) in [6.45, 7) is 13.3. The van der Waals surface area contributed by atoms with Crippen LogP contribution in [-0.2, 0) is 33.9 Å². The summed E-state index contributed by atoms with van der Waals surface area (Å²) in [5.74, 6) is 2.39. The number of nitrogens with zero attached hydrogens (tertiary/aromatic N) is 5. The zero-order valence-electron chi connectivity index (χ0n) is 29.3. The number of hydrogen-bond donors (Lipinski definition) is 0. The van der Waals surface area contributed by atoms with E-state index in [0.717, 1.165) is 48.4 Å². The van der Waals surface area contributed by atoms with Gasteiger partial charge in [0.2, 0.25) is 0 Å². The Labute approximate surface area is 280 Å². The van der Waals surface area contributed by atoms with Gasteiger partial charge in [0.05, 0.1) is 19.1 Å². The van der Waals surface area contributed by atoms with Gasteiger partial charge >= 0.3 is 21.1 Å². The number of benzene rings is 3. The number of rotatable bonds is 5. The Balaban J connectivity index is 0.00000417. The summed E-state index contributed by atoms with van der Waals surface area (Å²) in [6.07, 6.45) is 6.84. The van der Waals surface area contributed by atoms with Crippen LogP contribution in [0.5, 0.6) is 11.5 Å². The first-order valence-electron chi connectivity index (χ1n) is 16.9. The molecule has 220 valence electrons. The molecule has 2 aliphatic heterocycles. The second-order valence-electron chi connectivity index (χ2n) is 10.8. The molecule has 0 radical (unpaired) electrons. The average molecular weight is 762 g/mol. The molecule has 2 aliphatic rings. The Bertz CT molecular complexity index is 2120. The van der Waals surface area contributed by atoms with Gasteiger partial charge in [0, 0.05) is 42.5 Å². The van der Waals surface area contributed by atoms with Gasteiger partial charge in [0.1, 0.15) is 11.6 Å². The van der Waals surface area contributed by atoms with Crippen LogP contribution in [0.25, 0.3) is 16.0 Å². The third-order valence-electron chi connectivity index (χ3n) is 7.92. The van der Waals surface area contributed by atoms with Crippen LogP contribution in [-0.4, -0.2) is 23.1 Å². The molecule has 0 saturated heterocycles. The minimum atomic E-state index is -0.432. The summed E-state index contributed by atoms with van der Waals surface area (Å²) in [4.78, 5) is 17.3. The van der Waals surface area contributed by atoms with Crippen molar-refractivity contribution >= 4 is 28.7 Å². The second kappa shape index (κ2) is 12.6. The molecule has 0 saturated carbocycles. The van der Waals surface area contributed by atoms with Gasteiger partial charge in [0.25, 0.3) is 0 Å². The predicted octanol–water partition coefficient (Wildman–Crippen LogP) is 8.87. The molecule has 7 heteroatoms. The Morgan fingerprint density at radius 2 is 1.64 bits per heavy atom. The molecule has 6 nitrogen and oxygen atoms in total. The first kappa shape index (κ1) is 23.9. The maximum Gasteiger partial charge on any atom is 2.00 e. The molecule has 4 heterocycles. The van der Waals surface area contributed by atoms with Crippen molar-refractivity contribution in [1.82, 2.24) is 9.97 Å². The van der Waals surface area contributed by atoms with Gasteiger partial charge in [-0.05, 0) is 61.6 Å². The van der Waals surface area contributed by atoms with Gasteiger partial charge in [-0.2, -0.15) is 6.07 Å². The van der Waals surface area contributed by atoms with Crippen LogP contribution in [0.15, 0.2) is 79.0 Å². The fourth-order valence-electron chi connectivity index (χ4n) is 5.83. The monoisotopic (exact) mass is 761 g/mol. The van der Waals surface area contributed by atoms with E-state index in [-0.39, 0.29) is 50.8 Å². The molecule has 7 rings (SSSR count). The largest absolute Gasteiger partial charge is 2.00 e. The maximum absolute atomic E-state index is 8.42. The van der Waals surface area contributed by atoms with Crippen LogP contribution in [0.2, 0.25) is 0 Å². The number of aryl methyl sites for hydroxylation is 3. The normalized spacial score (nSPS) is 15.3. The van der Waals surface area contributed by atoms with Crippen LogP contribution >= 0.6 is 0 Å². The molecule has 0 spiro atoms. The molecule has 0 atom stereocenters. The van der Waals surface area contributed by atoms with Gasteiger partial charge in [-0.1, -0.05) is 54.4 Å². The summed E-state index contributed by atoms with van der Waals surface area (Å²) in [5.41, 5.74) is 6.58. The van der Waals surface area contributed by atoms with E-state index in [4.69, 9.17) is 23.1 Å². The Morgan fingerprint density at radius 3 is 2.41 bits per heavy atom. The summed E-state index contributed by atoms with van der Waals surface area (Å²) in [7, 11) is 0. The SMILES string of the molecule is [2H]c1c([2H])c([2H])c(-c2cnc(N3CCCc4c3[c-]c(Oc3[c-]c5c(cc3)CCCN5c3cc(C)ccn3)cc4[N+]#[C-])cc2C)c([2H])c1[2H].[Pt+2]. The van der Waals surface area contributed by atoms with Crippen molar-refractivity contribution < 1.29 is 32.7 Å². The van der Waals surface area contributed by atoms with E-state index in [0.29, 0.717) is 52.8 Å². The Kier molecular flexibility index (Phi) is 6.88. The van der Waals surface area contributed by atoms with E-state index in [1.54, 1.807) is 12.3 Å². The molecular formula is C37H31N5OPt. The summed E-state index contributed by atoms with van der Waals surface area (Å²) in [6, 6.07) is 16.7. The van der Waals surface area contributed by atoms with Crippen molar-refractivity contribution in [2.75, 3.05) is 22.9 Å². The van der Waals surface area contributed by atoms with E-state index in [2.05, 4.69) is 45.9 Å². The average Bonchev–Trinajstić information content (AvgIpc) is 3.09. The van der Waals surface area contributed by atoms with E-state index in [1.165, 1.54) is 5.56 Å². The van der Waals surface area contributed by atoms with Crippen LogP contribution in [0.1, 0.15) is 41.9 Å². The van der Waals surface area contributed by atoms with E-state index < -0.39 is 6.04 Å². The van der Waals surface area contributed by atoms with Crippen molar-refractivity contribution in [2.24, 2.45) is 0 Å². The fourth-order valence-corrected chi connectivity index (χ4v) is 5.83. The number of hydrogen-bond acceptors (Lipinski definition) is 5. The zero-order chi connectivity index (χ0) is 33.7. The van der Waals surface area contributed by atoms with E-state index >= 15 is 0 Å². The number of fused-ring (bicyclic) bond motifs is 2. The Morgan fingerprint density at radius 1 is 0.886 bits per heavy atom. The smallest absolute Gasteiger partial charge is 0.510 e. The molecule has 0 amide bonds. The fraction of sp³-hybridized carbons (Fsp3) is 0.216. The predicted molar refractivity (Wildman–Crippen MR) is 171 cm³/mol. The van der Waals surface area contributed by atoms with Gasteiger partial charge in [-0.15, -0.1) is 35.4 Å². The molecule has 0 aliphatic carbocycles. The van der Waals surface area contributed by atoms with Gasteiger partial charge in [-0.3, -0.25) is 4.85 Å². The molecule has 3 aromatic carbocycles. The summed E-state index contributed by atoms with van der Waals surface area (Å²) in [5, 5.41) is 0. The third-order valence-corrected chi connectivity index (χ3v) is 7.92. The van der Waals surface area contributed by atoms with Gasteiger partial charge < -0.3 is 14.5 Å². The molecule has 44 heavy (non-hydrogen) atoms. The molecule has 0 N–H and O–H groups in total. The third kappa shape index (κ3) is 5.73. The molecule has 5 aromatic rings. The van der Waals surface area contributed by atoms with E-state index in [9.17, 15) is 0 Å². The van der Waals surface area contributed by atoms with Crippen molar-refractivity contribution in [3.05, 3.63) is 125 Å². The van der Waals surface area contributed by atoms with Crippen LogP contribution in [0.3, 0.4) is 0 Å². The molecule has 0 unspecified atom stereocenters. The van der Waals surface area contributed by atoms with Crippen LogP contribution < -0.4 is 14.5 Å². The minimum absolute atomic E-state index is 0. The first-order chi connectivity index (χ1) is 23.1. The maximum atomic E-state index is 8.42. The summed E-state index contributed by atoms with van der Waals surface area (Å²) >= 11 is 0. The van der Waals surface area contributed by atoms with Crippen molar-refractivity contribution in [2.45, 2.75) is 39.5 Å². The van der Waals surface area contributed by atoms with Crippen LogP contribution in [0, 0.1) is 32.6 Å². The zero-order valence-corrected chi connectivity index (χ0v) is 26.6. The van der Waals surface area contributed by atoms with Gasteiger partial charge in [-0.25, -0.2) is 9.97 Å². The minimum Gasteiger partial charge on any atom is -0.510 e. The first-order valence-corrected chi connectivity index (χ1v) is 14.4. The van der Waals surface area contributed by atoms with Gasteiger partial charge in [0.15, 0.2) is 0 Å². The van der Waals surface area contributed by atoms with Crippen LogP contribution in [0.4, 0.5) is 28.7 Å². The second-order valence-corrected chi connectivity index (χ2v) is 10.8. The molecule has 0 fully saturated rings. The topological polar surface area (TPSA) is 45.9 Å². The quantitative estimate of drug-likeness (QED) is 0.168. The van der Waals surface area contributed by atoms with Crippen molar-refractivity contribution in [1.29, 1.82) is 0 Å². The number of anilines is 4. The van der Waals surface area contributed by atoms with E-state index in [1.807, 2.05) is 36.2 Å². The molecule has 0 bridgehead atoms. The molecular weight excluding hydrogens is 726 g/mol. The number of aromatic nitrogens is 2. The number of ether oxygens (including phenoxy) is 1. The Hall–Kier alpha value is -4.46. The van der Waals surface area contributed by atoms with Crippen molar-refractivity contribution in [3.63, 3.8) is 0 Å². The standard InChI is InChI=1S/C37H31N5O.Pt/c1-25-15-16-39-36(19-25)41-17-7-11-28-13-14-29(22-34(28)41)43-30-21-33(38-3)31-12-8-18-42(35(31)23-30)37-20-26(2)32(24-40-37)27-9-5-4-6-10-27;/h4-6,9-10,13-16,19-21,24H,7-8,11-12,17-18H2,1-2H3;/q-2;+2/i4D,5D,6D,9D,10D;. The van der Waals surface area contributed by atoms with Crippen molar-refractivity contribution in [3.8, 4) is 22.6 Å². The molecule has 2 aromatic heterocycles. The number of pyridine rings is 2. The summed E-state index contributed by atoms with van der Waals surface area (Å²) < 4.78 is 47.4.